The van der Waals surface area contributed by atoms with Gasteiger partial charge in [-0.15, -0.1) is 0 Å². The molecule has 0 amide bonds. The summed E-state index contributed by atoms with van der Waals surface area (Å²) < 4.78 is 12.6. The van der Waals surface area contributed by atoms with Gasteiger partial charge in [-0.05, 0) is 63.4 Å². The van der Waals surface area contributed by atoms with Crippen LogP contribution in [0.4, 0.5) is 0 Å². The van der Waals surface area contributed by atoms with E-state index in [-0.39, 0.29) is 6.04 Å². The summed E-state index contributed by atoms with van der Waals surface area (Å²) in [5, 5.41) is 3.38. The lowest BCUT2D eigenvalue weighted by Gasteiger charge is -2.13. The van der Waals surface area contributed by atoms with Crippen LogP contribution in [0, 0.1) is 6.92 Å². The molecule has 2 rings (SSSR count). The van der Waals surface area contributed by atoms with E-state index in [1.165, 1.54) is 0 Å². The van der Waals surface area contributed by atoms with Gasteiger partial charge in [0.25, 0.3) is 0 Å². The largest absolute Gasteiger partial charge is 0.494 e. The fourth-order valence-corrected chi connectivity index (χ4v) is 3.45. The van der Waals surface area contributed by atoms with E-state index in [4.69, 9.17) is 9.15 Å². The van der Waals surface area contributed by atoms with Gasteiger partial charge >= 0.3 is 0 Å². The first-order valence-electron chi connectivity index (χ1n) is 6.19. The molecule has 108 valence electrons. The van der Waals surface area contributed by atoms with Crippen LogP contribution in [0.15, 0.2) is 31.7 Å². The van der Waals surface area contributed by atoms with E-state index in [1.807, 2.05) is 26.0 Å². The standard InChI is InChI=1S/C14H16Br2N2O2/c1-8-6-18-14(20-8)9(2)17-7-10-4-11(15)13(19-3)12(16)5-10/h4-6,9,17H,7H2,1-3H3. The molecule has 1 heterocycles. The highest BCUT2D eigenvalue weighted by Gasteiger charge is 2.12. The van der Waals surface area contributed by atoms with Gasteiger partial charge in [0.05, 0.1) is 28.3 Å². The molecular weight excluding hydrogens is 388 g/mol. The SMILES string of the molecule is COc1c(Br)cc(CNC(C)c2ncc(C)o2)cc1Br. The third-order valence-corrected chi connectivity index (χ3v) is 4.06. The third kappa shape index (κ3) is 3.62. The summed E-state index contributed by atoms with van der Waals surface area (Å²) in [6, 6.07) is 4.12. The van der Waals surface area contributed by atoms with Crippen LogP contribution >= 0.6 is 31.9 Å². The van der Waals surface area contributed by atoms with Crippen LogP contribution in [0.3, 0.4) is 0 Å². The Balaban J connectivity index is 2.04. The maximum Gasteiger partial charge on any atom is 0.211 e. The van der Waals surface area contributed by atoms with E-state index in [0.717, 1.165) is 26.0 Å². The zero-order valence-corrected chi connectivity index (χ0v) is 14.7. The fourth-order valence-electron chi connectivity index (χ4n) is 1.84. The van der Waals surface area contributed by atoms with E-state index >= 15 is 0 Å². The number of hydrogen-bond donors (Lipinski definition) is 1. The van der Waals surface area contributed by atoms with E-state index < -0.39 is 0 Å². The summed E-state index contributed by atoms with van der Waals surface area (Å²) in [6.07, 6.45) is 1.73. The van der Waals surface area contributed by atoms with Crippen LogP contribution in [-0.4, -0.2) is 12.1 Å². The Labute approximate surface area is 135 Å². The maximum atomic E-state index is 5.51. The first-order valence-corrected chi connectivity index (χ1v) is 7.77. The quantitative estimate of drug-likeness (QED) is 0.805. The van der Waals surface area contributed by atoms with Crippen molar-refractivity contribution in [3.8, 4) is 5.75 Å². The van der Waals surface area contributed by atoms with Crippen LogP contribution in [0.1, 0.15) is 30.2 Å². The molecule has 4 nitrogen and oxygen atoms in total. The van der Waals surface area contributed by atoms with Gasteiger partial charge in [-0.2, -0.15) is 0 Å². The predicted molar refractivity (Wildman–Crippen MR) is 84.9 cm³/mol. The van der Waals surface area contributed by atoms with Gasteiger partial charge in [0.2, 0.25) is 5.89 Å². The first-order chi connectivity index (χ1) is 9.51. The van der Waals surface area contributed by atoms with Gasteiger partial charge in [0.15, 0.2) is 0 Å². The molecule has 0 aliphatic rings. The Bertz CT molecular complexity index is 576. The Hall–Kier alpha value is -0.850. The lowest BCUT2D eigenvalue weighted by Crippen LogP contribution is -2.18. The normalized spacial score (nSPS) is 12.4. The molecule has 6 heteroatoms. The van der Waals surface area contributed by atoms with E-state index in [0.29, 0.717) is 12.4 Å². The molecule has 0 bridgehead atoms. The number of nitrogens with zero attached hydrogens (tertiary/aromatic N) is 1. The monoisotopic (exact) mass is 402 g/mol. The van der Waals surface area contributed by atoms with Crippen molar-refractivity contribution in [3.05, 3.63) is 44.5 Å². The minimum absolute atomic E-state index is 0.0587. The summed E-state index contributed by atoms with van der Waals surface area (Å²) in [5.41, 5.74) is 1.14. The summed E-state index contributed by atoms with van der Waals surface area (Å²) >= 11 is 7.00. The predicted octanol–water partition coefficient (Wildman–Crippen LogP) is 4.37. The molecule has 0 spiro atoms. The number of aromatic nitrogens is 1. The molecule has 1 unspecified atom stereocenters. The van der Waals surface area contributed by atoms with Crippen molar-refractivity contribution in [2.45, 2.75) is 26.4 Å². The highest BCUT2D eigenvalue weighted by Crippen LogP contribution is 2.34. The van der Waals surface area contributed by atoms with Crippen LogP contribution in [0.25, 0.3) is 0 Å². The number of oxazole rings is 1. The number of benzene rings is 1. The Morgan fingerprint density at radius 1 is 1.35 bits per heavy atom. The lowest BCUT2D eigenvalue weighted by molar-refractivity contribution is 0.401. The van der Waals surface area contributed by atoms with Crippen LogP contribution < -0.4 is 10.1 Å². The van der Waals surface area contributed by atoms with Crippen LogP contribution in [0.5, 0.6) is 5.75 Å². The van der Waals surface area contributed by atoms with Gasteiger partial charge < -0.3 is 14.5 Å². The van der Waals surface area contributed by atoms with Gasteiger partial charge in [0.1, 0.15) is 11.5 Å². The topological polar surface area (TPSA) is 47.3 Å². The summed E-state index contributed by atoms with van der Waals surface area (Å²) in [7, 11) is 1.65. The first kappa shape index (κ1) is 15.5. The Morgan fingerprint density at radius 2 is 2.00 bits per heavy atom. The highest BCUT2D eigenvalue weighted by atomic mass is 79.9. The zero-order chi connectivity index (χ0) is 14.7. The van der Waals surface area contributed by atoms with Crippen molar-refractivity contribution in [2.24, 2.45) is 0 Å². The van der Waals surface area contributed by atoms with Crippen molar-refractivity contribution in [1.82, 2.24) is 10.3 Å². The van der Waals surface area contributed by atoms with E-state index in [1.54, 1.807) is 13.3 Å². The second-order valence-corrected chi connectivity index (χ2v) is 6.21. The van der Waals surface area contributed by atoms with Gasteiger partial charge in [-0.1, -0.05) is 0 Å². The summed E-state index contributed by atoms with van der Waals surface area (Å²) in [4.78, 5) is 4.22. The lowest BCUT2D eigenvalue weighted by atomic mass is 10.2. The molecule has 0 radical (unpaired) electrons. The molecule has 0 saturated heterocycles. The molecule has 1 aromatic heterocycles. The van der Waals surface area contributed by atoms with Crippen molar-refractivity contribution < 1.29 is 9.15 Å². The smallest absolute Gasteiger partial charge is 0.211 e. The third-order valence-electron chi connectivity index (χ3n) is 2.88. The number of ether oxygens (including phenoxy) is 1. The fraction of sp³-hybridized carbons (Fsp3) is 0.357. The maximum absolute atomic E-state index is 5.51. The Morgan fingerprint density at radius 3 is 2.50 bits per heavy atom. The van der Waals surface area contributed by atoms with E-state index in [9.17, 15) is 0 Å². The minimum Gasteiger partial charge on any atom is -0.494 e. The van der Waals surface area contributed by atoms with Crippen molar-refractivity contribution in [3.63, 3.8) is 0 Å². The average Bonchev–Trinajstić information content (AvgIpc) is 2.82. The number of nitrogens with one attached hydrogen (secondary N) is 1. The zero-order valence-electron chi connectivity index (χ0n) is 11.5. The molecule has 0 saturated carbocycles. The van der Waals surface area contributed by atoms with E-state index in [2.05, 4.69) is 42.2 Å². The van der Waals surface area contributed by atoms with Crippen LogP contribution in [0.2, 0.25) is 0 Å². The number of rotatable bonds is 5. The van der Waals surface area contributed by atoms with Gasteiger partial charge in [-0.3, -0.25) is 0 Å². The van der Waals surface area contributed by atoms with Gasteiger partial charge in [0, 0.05) is 6.54 Å². The van der Waals surface area contributed by atoms with Crippen molar-refractivity contribution in [1.29, 1.82) is 0 Å². The molecule has 1 aromatic carbocycles. The Kier molecular flexibility index (Phi) is 5.23. The second-order valence-electron chi connectivity index (χ2n) is 4.50. The minimum atomic E-state index is 0.0587. The molecular formula is C14H16Br2N2O2. The molecule has 1 N–H and O–H groups in total. The van der Waals surface area contributed by atoms with Gasteiger partial charge in [-0.25, -0.2) is 4.98 Å². The number of halogens is 2. The molecule has 2 aromatic rings. The molecule has 1 atom stereocenters. The highest BCUT2D eigenvalue weighted by molar-refractivity contribution is 9.11. The number of methoxy groups -OCH3 is 1. The van der Waals surface area contributed by atoms with Crippen LogP contribution in [-0.2, 0) is 6.54 Å². The molecule has 0 aliphatic heterocycles. The number of aryl methyl sites for hydroxylation is 1. The molecule has 0 fully saturated rings. The average molecular weight is 404 g/mol. The van der Waals surface area contributed by atoms with Crippen molar-refractivity contribution >= 4 is 31.9 Å². The molecule has 20 heavy (non-hydrogen) atoms. The second kappa shape index (κ2) is 6.74. The number of hydrogen-bond acceptors (Lipinski definition) is 4. The van der Waals surface area contributed by atoms with Crippen molar-refractivity contribution in [2.75, 3.05) is 7.11 Å². The summed E-state index contributed by atoms with van der Waals surface area (Å²) in [6.45, 7) is 4.63. The molecule has 0 aliphatic carbocycles. The summed E-state index contributed by atoms with van der Waals surface area (Å²) in [5.74, 6) is 2.32.